The summed E-state index contributed by atoms with van der Waals surface area (Å²) < 4.78 is 0. The van der Waals surface area contributed by atoms with Gasteiger partial charge in [0, 0.05) is 12.6 Å². The van der Waals surface area contributed by atoms with E-state index in [2.05, 4.69) is 80.3 Å². The minimum atomic E-state index is 0.0168. The van der Waals surface area contributed by atoms with E-state index in [0.29, 0.717) is 12.0 Å². The van der Waals surface area contributed by atoms with Crippen LogP contribution in [0.3, 0.4) is 0 Å². The minimum Gasteiger partial charge on any atom is -0.350 e. The predicted octanol–water partition coefficient (Wildman–Crippen LogP) is 4.53. The number of hydrogen-bond acceptors (Lipinski definition) is 2. The normalized spacial score (nSPS) is 26.1. The van der Waals surface area contributed by atoms with Gasteiger partial charge < -0.3 is 4.90 Å². The summed E-state index contributed by atoms with van der Waals surface area (Å²) in [7, 11) is 0. The summed E-state index contributed by atoms with van der Waals surface area (Å²) in [4.78, 5) is 7.52. The first-order chi connectivity index (χ1) is 10.6. The van der Waals surface area contributed by atoms with Gasteiger partial charge in [-0.15, -0.1) is 0 Å². The molecule has 2 aliphatic rings. The van der Waals surface area contributed by atoms with E-state index in [-0.39, 0.29) is 5.41 Å². The fourth-order valence-electron chi connectivity index (χ4n) is 4.32. The Morgan fingerprint density at radius 2 is 1.73 bits per heavy atom. The number of para-hydroxylation sites is 1. The van der Waals surface area contributed by atoms with Gasteiger partial charge in [-0.3, -0.25) is 0 Å². The van der Waals surface area contributed by atoms with Gasteiger partial charge in [0.2, 0.25) is 0 Å². The maximum Gasteiger partial charge on any atom is 0.118 e. The zero-order valence-corrected chi connectivity index (χ0v) is 13.5. The Balaban J connectivity index is 1.86. The average molecular weight is 290 g/mol. The molecule has 2 atom stereocenters. The highest BCUT2D eigenvalue weighted by Crippen LogP contribution is 2.50. The summed E-state index contributed by atoms with van der Waals surface area (Å²) in [5.41, 5.74) is 3.87. The smallest absolute Gasteiger partial charge is 0.118 e. The van der Waals surface area contributed by atoms with Crippen molar-refractivity contribution in [3.63, 3.8) is 0 Å². The first kappa shape index (κ1) is 13.6. The lowest BCUT2D eigenvalue weighted by atomic mass is 9.62. The van der Waals surface area contributed by atoms with Crippen LogP contribution < -0.4 is 0 Å². The lowest BCUT2D eigenvalue weighted by Gasteiger charge is -2.61. The van der Waals surface area contributed by atoms with E-state index >= 15 is 0 Å². The summed E-state index contributed by atoms with van der Waals surface area (Å²) in [5, 5.41) is 0. The number of fused-ring (bicyclic) bond motifs is 2. The Morgan fingerprint density at radius 3 is 2.45 bits per heavy atom. The number of benzene rings is 2. The first-order valence-corrected chi connectivity index (χ1v) is 8.11. The topological polar surface area (TPSA) is 15.6 Å². The van der Waals surface area contributed by atoms with Crippen LogP contribution in [0.5, 0.6) is 0 Å². The van der Waals surface area contributed by atoms with Crippen LogP contribution in [0, 0.1) is 5.92 Å². The third-order valence-electron chi connectivity index (χ3n) is 5.23. The third-order valence-corrected chi connectivity index (χ3v) is 5.23. The molecule has 112 valence electrons. The fourth-order valence-corrected chi connectivity index (χ4v) is 4.32. The molecule has 0 N–H and O–H groups in total. The summed E-state index contributed by atoms with van der Waals surface area (Å²) >= 11 is 0. The van der Waals surface area contributed by atoms with Gasteiger partial charge in [-0.2, -0.15) is 0 Å². The highest BCUT2D eigenvalue weighted by molar-refractivity contribution is 6.02. The maximum absolute atomic E-state index is 5.02. The molecule has 2 nitrogen and oxygen atoms in total. The van der Waals surface area contributed by atoms with Crippen molar-refractivity contribution in [2.75, 3.05) is 0 Å². The number of nitrogens with zero attached hydrogens (tertiary/aromatic N) is 2. The molecular formula is C20H22N2. The minimum absolute atomic E-state index is 0.0168. The lowest BCUT2D eigenvalue weighted by molar-refractivity contribution is 0.100. The van der Waals surface area contributed by atoms with Gasteiger partial charge in [0.15, 0.2) is 0 Å². The second kappa shape index (κ2) is 4.70. The summed E-state index contributed by atoms with van der Waals surface area (Å²) in [6.07, 6.45) is 0. The molecule has 2 heterocycles. The quantitative estimate of drug-likeness (QED) is 0.793. The Morgan fingerprint density at radius 1 is 1.05 bits per heavy atom. The van der Waals surface area contributed by atoms with Gasteiger partial charge in [-0.1, -0.05) is 62.4 Å². The number of aliphatic imine (C=N–C) groups is 1. The number of amidine groups is 1. The van der Waals surface area contributed by atoms with Crippen molar-refractivity contribution in [1.29, 1.82) is 0 Å². The van der Waals surface area contributed by atoms with E-state index in [1.165, 1.54) is 17.0 Å². The SMILES string of the molecule is CC(C)[C@@H]1N2Cc3ccccc3N=C2[C@]1(C)c1ccccc1. The molecule has 2 aliphatic heterocycles. The van der Waals surface area contributed by atoms with Crippen molar-refractivity contribution in [2.24, 2.45) is 10.9 Å². The highest BCUT2D eigenvalue weighted by Gasteiger charge is 2.57. The molecule has 0 bridgehead atoms. The fraction of sp³-hybridized carbons (Fsp3) is 0.350. The van der Waals surface area contributed by atoms with Crippen LogP contribution >= 0.6 is 0 Å². The number of rotatable bonds is 2. The van der Waals surface area contributed by atoms with Crippen LogP contribution in [-0.2, 0) is 12.0 Å². The maximum atomic E-state index is 5.02. The van der Waals surface area contributed by atoms with Crippen molar-refractivity contribution in [3.8, 4) is 0 Å². The van der Waals surface area contributed by atoms with Gasteiger partial charge in [0.1, 0.15) is 5.84 Å². The molecule has 0 aliphatic carbocycles. The van der Waals surface area contributed by atoms with Gasteiger partial charge in [0.25, 0.3) is 0 Å². The van der Waals surface area contributed by atoms with Crippen molar-refractivity contribution in [1.82, 2.24) is 4.90 Å². The molecule has 1 saturated heterocycles. The van der Waals surface area contributed by atoms with E-state index in [1.807, 2.05) is 0 Å². The molecule has 2 aromatic rings. The Bertz CT molecular complexity index is 732. The van der Waals surface area contributed by atoms with E-state index in [0.717, 1.165) is 12.2 Å². The molecule has 0 spiro atoms. The molecule has 0 aromatic heterocycles. The van der Waals surface area contributed by atoms with Gasteiger partial charge in [-0.25, -0.2) is 4.99 Å². The largest absolute Gasteiger partial charge is 0.350 e. The molecule has 0 unspecified atom stereocenters. The highest BCUT2D eigenvalue weighted by atomic mass is 15.3. The Kier molecular flexibility index (Phi) is 2.90. The summed E-state index contributed by atoms with van der Waals surface area (Å²) in [5.74, 6) is 1.82. The zero-order chi connectivity index (χ0) is 15.3. The Hall–Kier alpha value is -2.09. The zero-order valence-electron chi connectivity index (χ0n) is 13.5. The van der Waals surface area contributed by atoms with Crippen LogP contribution in [0.4, 0.5) is 5.69 Å². The monoisotopic (exact) mass is 290 g/mol. The van der Waals surface area contributed by atoms with Crippen LogP contribution in [-0.4, -0.2) is 16.8 Å². The molecular weight excluding hydrogens is 268 g/mol. The molecule has 2 aromatic carbocycles. The number of hydrogen-bond donors (Lipinski definition) is 0. The average Bonchev–Trinajstić information content (AvgIpc) is 2.54. The molecule has 2 heteroatoms. The summed E-state index contributed by atoms with van der Waals surface area (Å²) in [6.45, 7) is 7.99. The van der Waals surface area contributed by atoms with Crippen molar-refractivity contribution in [3.05, 3.63) is 65.7 Å². The second-order valence-corrected chi connectivity index (χ2v) is 6.95. The van der Waals surface area contributed by atoms with Crippen LogP contribution in [0.2, 0.25) is 0 Å². The second-order valence-electron chi connectivity index (χ2n) is 6.95. The standard InChI is InChI=1S/C20H22N2/c1-14(2)18-20(3,16-10-5-4-6-11-16)19-21-17-12-8-7-9-15(17)13-22(18)19/h4-12,14,18H,13H2,1-3H3/t18-,20+/m0/s1. The van der Waals surface area contributed by atoms with Crippen molar-refractivity contribution < 1.29 is 0 Å². The van der Waals surface area contributed by atoms with Crippen LogP contribution in [0.1, 0.15) is 31.9 Å². The van der Waals surface area contributed by atoms with Gasteiger partial charge in [0.05, 0.1) is 11.1 Å². The first-order valence-electron chi connectivity index (χ1n) is 8.11. The summed E-state index contributed by atoms with van der Waals surface area (Å²) in [6, 6.07) is 19.9. The molecule has 0 amide bonds. The molecule has 0 radical (unpaired) electrons. The Labute approximate surface area is 132 Å². The molecule has 0 saturated carbocycles. The van der Waals surface area contributed by atoms with Gasteiger partial charge >= 0.3 is 0 Å². The lowest BCUT2D eigenvalue weighted by Crippen LogP contribution is -2.72. The van der Waals surface area contributed by atoms with E-state index in [9.17, 15) is 0 Å². The van der Waals surface area contributed by atoms with Crippen molar-refractivity contribution in [2.45, 2.75) is 38.8 Å². The molecule has 4 rings (SSSR count). The van der Waals surface area contributed by atoms with E-state index < -0.39 is 0 Å². The third kappa shape index (κ3) is 1.70. The van der Waals surface area contributed by atoms with Crippen molar-refractivity contribution >= 4 is 11.5 Å². The van der Waals surface area contributed by atoms with Crippen LogP contribution in [0.25, 0.3) is 0 Å². The van der Waals surface area contributed by atoms with Gasteiger partial charge in [-0.05, 0) is 30.0 Å². The molecule has 1 fully saturated rings. The van der Waals surface area contributed by atoms with E-state index in [1.54, 1.807) is 0 Å². The van der Waals surface area contributed by atoms with Crippen LogP contribution in [0.15, 0.2) is 59.6 Å². The van der Waals surface area contributed by atoms with E-state index in [4.69, 9.17) is 4.99 Å². The predicted molar refractivity (Wildman–Crippen MR) is 91.5 cm³/mol. The molecule has 22 heavy (non-hydrogen) atoms.